The van der Waals surface area contributed by atoms with Crippen LogP contribution in [0.1, 0.15) is 12.0 Å². The molecule has 1 aliphatic heterocycles. The fourth-order valence-electron chi connectivity index (χ4n) is 2.43. The zero-order valence-electron chi connectivity index (χ0n) is 11.6. The summed E-state index contributed by atoms with van der Waals surface area (Å²) in [4.78, 5) is 26.8. The monoisotopic (exact) mass is 275 g/mol. The van der Waals surface area contributed by atoms with Gasteiger partial charge in [0.1, 0.15) is 0 Å². The molecule has 0 aliphatic carbocycles. The van der Waals surface area contributed by atoms with Gasteiger partial charge < -0.3 is 10.6 Å². The quantitative estimate of drug-likeness (QED) is 0.837. The van der Waals surface area contributed by atoms with Crippen molar-refractivity contribution in [3.05, 3.63) is 35.9 Å². The molecule has 2 N–H and O–H groups in total. The Morgan fingerprint density at radius 3 is 2.30 bits per heavy atom. The number of rotatable bonds is 5. The van der Waals surface area contributed by atoms with Crippen LogP contribution in [0.15, 0.2) is 30.3 Å². The highest BCUT2D eigenvalue weighted by atomic mass is 16.2. The van der Waals surface area contributed by atoms with Crippen LogP contribution in [0.2, 0.25) is 0 Å². The molecule has 0 atom stereocenters. The fraction of sp³-hybridized carbons (Fsp3) is 0.467. The maximum Gasteiger partial charge on any atom is 0.231 e. The number of hydrogen-bond donors (Lipinski definition) is 1. The van der Waals surface area contributed by atoms with Gasteiger partial charge in [0, 0.05) is 32.6 Å². The lowest BCUT2D eigenvalue weighted by Gasteiger charge is -2.34. The predicted octanol–water partition coefficient (Wildman–Crippen LogP) is 0.249. The third-order valence-corrected chi connectivity index (χ3v) is 3.57. The Balaban J connectivity index is 1.73. The maximum absolute atomic E-state index is 12.1. The van der Waals surface area contributed by atoms with Gasteiger partial charge in [0.25, 0.3) is 0 Å². The zero-order chi connectivity index (χ0) is 14.4. The molecule has 0 aromatic heterocycles. The molecule has 1 saturated heterocycles. The second-order valence-electron chi connectivity index (χ2n) is 5.11. The van der Waals surface area contributed by atoms with E-state index in [1.807, 2.05) is 40.1 Å². The molecule has 5 heteroatoms. The minimum absolute atomic E-state index is 0.188. The molecule has 0 saturated carbocycles. The highest BCUT2D eigenvalue weighted by Gasteiger charge is 2.21. The Morgan fingerprint density at radius 2 is 1.70 bits per heavy atom. The molecule has 1 fully saturated rings. The Hall–Kier alpha value is -1.88. The van der Waals surface area contributed by atoms with Crippen LogP contribution in [-0.2, 0) is 16.0 Å². The van der Waals surface area contributed by atoms with E-state index in [1.54, 1.807) is 0 Å². The first kappa shape index (κ1) is 14.5. The van der Waals surface area contributed by atoms with Crippen LogP contribution in [0, 0.1) is 0 Å². The summed E-state index contributed by atoms with van der Waals surface area (Å²) in [5.41, 5.74) is 6.36. The maximum atomic E-state index is 12.1. The number of nitrogens with two attached hydrogens (primary N) is 1. The van der Waals surface area contributed by atoms with Crippen LogP contribution in [0.3, 0.4) is 0 Å². The molecule has 1 heterocycles. The standard InChI is InChI=1S/C15H21N3O2/c16-14(19)12-17-8-10-18(11-9-17)15(20)7-6-13-4-2-1-3-5-13/h1-5H,6-12H2,(H2,16,19). The highest BCUT2D eigenvalue weighted by molar-refractivity contribution is 5.77. The van der Waals surface area contributed by atoms with E-state index in [2.05, 4.69) is 0 Å². The number of aryl methyl sites for hydroxylation is 1. The van der Waals surface area contributed by atoms with Crippen LogP contribution >= 0.6 is 0 Å². The number of carbonyl (C=O) groups excluding carboxylic acids is 2. The van der Waals surface area contributed by atoms with Crippen molar-refractivity contribution in [2.24, 2.45) is 5.73 Å². The van der Waals surface area contributed by atoms with Crippen molar-refractivity contribution < 1.29 is 9.59 Å². The molecule has 0 spiro atoms. The zero-order valence-corrected chi connectivity index (χ0v) is 11.6. The third kappa shape index (κ3) is 4.35. The van der Waals surface area contributed by atoms with E-state index in [9.17, 15) is 9.59 Å². The lowest BCUT2D eigenvalue weighted by Crippen LogP contribution is -2.50. The summed E-state index contributed by atoms with van der Waals surface area (Å²) in [5, 5.41) is 0. The lowest BCUT2D eigenvalue weighted by atomic mass is 10.1. The van der Waals surface area contributed by atoms with Gasteiger partial charge in [0.15, 0.2) is 0 Å². The largest absolute Gasteiger partial charge is 0.369 e. The van der Waals surface area contributed by atoms with Gasteiger partial charge in [-0.25, -0.2) is 0 Å². The molecule has 0 bridgehead atoms. The minimum atomic E-state index is -0.311. The van der Waals surface area contributed by atoms with E-state index in [0.717, 1.165) is 19.5 Å². The predicted molar refractivity (Wildman–Crippen MR) is 77.0 cm³/mol. The van der Waals surface area contributed by atoms with Crippen LogP contribution < -0.4 is 5.73 Å². The fourth-order valence-corrected chi connectivity index (χ4v) is 2.43. The molecule has 0 unspecified atom stereocenters. The van der Waals surface area contributed by atoms with Crippen LogP contribution in [0.25, 0.3) is 0 Å². The third-order valence-electron chi connectivity index (χ3n) is 3.57. The van der Waals surface area contributed by atoms with Crippen molar-refractivity contribution in [1.29, 1.82) is 0 Å². The van der Waals surface area contributed by atoms with Gasteiger partial charge in [-0.3, -0.25) is 14.5 Å². The molecule has 1 aromatic rings. The molecule has 20 heavy (non-hydrogen) atoms. The summed E-state index contributed by atoms with van der Waals surface area (Å²) in [6.45, 7) is 3.09. The van der Waals surface area contributed by atoms with Gasteiger partial charge >= 0.3 is 0 Å². The Kier molecular flexibility index (Phi) is 5.12. The van der Waals surface area contributed by atoms with E-state index >= 15 is 0 Å². The summed E-state index contributed by atoms with van der Waals surface area (Å²) < 4.78 is 0. The number of piperazine rings is 1. The van der Waals surface area contributed by atoms with E-state index in [-0.39, 0.29) is 18.4 Å². The van der Waals surface area contributed by atoms with Gasteiger partial charge in [-0.15, -0.1) is 0 Å². The smallest absolute Gasteiger partial charge is 0.231 e. The second-order valence-corrected chi connectivity index (χ2v) is 5.11. The normalized spacial score (nSPS) is 16.1. The first-order valence-electron chi connectivity index (χ1n) is 6.97. The average molecular weight is 275 g/mol. The summed E-state index contributed by atoms with van der Waals surface area (Å²) in [5.74, 6) is -0.124. The molecule has 5 nitrogen and oxygen atoms in total. The first-order chi connectivity index (χ1) is 9.65. The van der Waals surface area contributed by atoms with Crippen LogP contribution in [-0.4, -0.2) is 54.3 Å². The van der Waals surface area contributed by atoms with Gasteiger partial charge in [-0.1, -0.05) is 30.3 Å². The van der Waals surface area contributed by atoms with E-state index in [4.69, 9.17) is 5.73 Å². The summed E-state index contributed by atoms with van der Waals surface area (Å²) >= 11 is 0. The van der Waals surface area contributed by atoms with E-state index < -0.39 is 0 Å². The number of carbonyl (C=O) groups is 2. The molecular weight excluding hydrogens is 254 g/mol. The SMILES string of the molecule is NC(=O)CN1CCN(C(=O)CCc2ccccc2)CC1. The van der Waals surface area contributed by atoms with Crippen molar-refractivity contribution in [3.63, 3.8) is 0 Å². The molecule has 0 radical (unpaired) electrons. The first-order valence-corrected chi connectivity index (χ1v) is 6.97. The molecular formula is C15H21N3O2. The van der Waals surface area contributed by atoms with Gasteiger partial charge in [-0.2, -0.15) is 0 Å². The Morgan fingerprint density at radius 1 is 1.05 bits per heavy atom. The highest BCUT2D eigenvalue weighted by Crippen LogP contribution is 2.07. The van der Waals surface area contributed by atoms with Crippen molar-refractivity contribution in [2.45, 2.75) is 12.8 Å². The number of hydrogen-bond acceptors (Lipinski definition) is 3. The summed E-state index contributed by atoms with van der Waals surface area (Å²) in [7, 11) is 0. The Bertz CT molecular complexity index is 453. The molecule has 2 amide bonds. The number of amides is 2. The number of benzene rings is 1. The second kappa shape index (κ2) is 7.05. The molecule has 108 valence electrons. The van der Waals surface area contributed by atoms with Crippen molar-refractivity contribution >= 4 is 11.8 Å². The van der Waals surface area contributed by atoms with Gasteiger partial charge in [-0.05, 0) is 12.0 Å². The van der Waals surface area contributed by atoms with Crippen molar-refractivity contribution in [2.75, 3.05) is 32.7 Å². The van der Waals surface area contributed by atoms with Gasteiger partial charge in [0.2, 0.25) is 11.8 Å². The van der Waals surface area contributed by atoms with Crippen LogP contribution in [0.4, 0.5) is 0 Å². The van der Waals surface area contributed by atoms with Crippen LogP contribution in [0.5, 0.6) is 0 Å². The molecule has 2 rings (SSSR count). The molecule has 1 aromatic carbocycles. The number of primary amides is 1. The topological polar surface area (TPSA) is 66.6 Å². The van der Waals surface area contributed by atoms with E-state index in [1.165, 1.54) is 5.56 Å². The summed E-state index contributed by atoms with van der Waals surface area (Å²) in [6, 6.07) is 10.0. The molecule has 1 aliphatic rings. The Labute approximate surface area is 119 Å². The average Bonchev–Trinajstić information content (AvgIpc) is 2.46. The lowest BCUT2D eigenvalue weighted by molar-refractivity contribution is -0.133. The van der Waals surface area contributed by atoms with Crippen molar-refractivity contribution in [1.82, 2.24) is 9.80 Å². The van der Waals surface area contributed by atoms with Crippen molar-refractivity contribution in [3.8, 4) is 0 Å². The van der Waals surface area contributed by atoms with Gasteiger partial charge in [0.05, 0.1) is 6.54 Å². The number of nitrogens with zero attached hydrogens (tertiary/aromatic N) is 2. The summed E-state index contributed by atoms with van der Waals surface area (Å²) in [6.07, 6.45) is 1.32. The van der Waals surface area contributed by atoms with E-state index in [0.29, 0.717) is 19.5 Å². The minimum Gasteiger partial charge on any atom is -0.369 e.